The normalized spacial score (nSPS) is 14.4. The molecular weight excluding hydrogens is 416 g/mol. The number of hydrogen-bond acceptors (Lipinski definition) is 3. The first kappa shape index (κ1) is 19.1. The lowest BCUT2D eigenvalue weighted by molar-refractivity contribution is -0.131. The third-order valence-electron chi connectivity index (χ3n) is 4.65. The Kier molecular flexibility index (Phi) is 6.43. The fraction of sp³-hybridized carbons (Fsp3) is 0.350. The van der Waals surface area contributed by atoms with Gasteiger partial charge in [-0.2, -0.15) is 0 Å². The minimum atomic E-state index is 0.211. The molecule has 26 heavy (non-hydrogen) atoms. The van der Waals surface area contributed by atoms with Gasteiger partial charge >= 0.3 is 0 Å². The highest BCUT2D eigenvalue weighted by Gasteiger charge is 2.21. The molecule has 0 unspecified atom stereocenters. The van der Waals surface area contributed by atoms with E-state index in [-0.39, 0.29) is 5.91 Å². The number of carbonyl (C=O) groups excluding carboxylic acids is 1. The van der Waals surface area contributed by atoms with Gasteiger partial charge in [0.25, 0.3) is 0 Å². The van der Waals surface area contributed by atoms with Crippen LogP contribution in [0.15, 0.2) is 46.9 Å². The standard InChI is InChI=1S/C20H22BrClN2O2/c1-26-19-7-5-15(13-18(19)21)6-8-20(25)24-11-9-23(10-12-24)17-4-2-3-16(22)14-17/h2-5,7,13-14H,6,8-12H2,1H3. The zero-order valence-electron chi connectivity index (χ0n) is 14.8. The van der Waals surface area contributed by atoms with Crippen molar-refractivity contribution in [1.82, 2.24) is 4.90 Å². The predicted octanol–water partition coefficient (Wildman–Crippen LogP) is 4.39. The Balaban J connectivity index is 1.50. The second-order valence-corrected chi connectivity index (χ2v) is 7.61. The van der Waals surface area contributed by atoms with Gasteiger partial charge in [0.2, 0.25) is 5.91 Å². The molecule has 0 spiro atoms. The van der Waals surface area contributed by atoms with Crippen LogP contribution in [0.1, 0.15) is 12.0 Å². The average Bonchev–Trinajstić information content (AvgIpc) is 2.66. The van der Waals surface area contributed by atoms with Crippen LogP contribution in [0.3, 0.4) is 0 Å². The van der Waals surface area contributed by atoms with Crippen molar-refractivity contribution < 1.29 is 9.53 Å². The van der Waals surface area contributed by atoms with Crippen LogP contribution in [-0.2, 0) is 11.2 Å². The summed E-state index contributed by atoms with van der Waals surface area (Å²) < 4.78 is 6.16. The largest absolute Gasteiger partial charge is 0.496 e. The molecule has 2 aromatic carbocycles. The molecule has 0 saturated carbocycles. The number of hydrogen-bond donors (Lipinski definition) is 0. The van der Waals surface area contributed by atoms with Gasteiger partial charge in [0.05, 0.1) is 11.6 Å². The average molecular weight is 438 g/mol. The third kappa shape index (κ3) is 4.71. The molecule has 2 aromatic rings. The summed E-state index contributed by atoms with van der Waals surface area (Å²) in [6.07, 6.45) is 1.26. The topological polar surface area (TPSA) is 32.8 Å². The van der Waals surface area contributed by atoms with E-state index in [1.54, 1.807) is 7.11 Å². The number of piperazine rings is 1. The number of methoxy groups -OCH3 is 1. The number of nitrogens with zero attached hydrogens (tertiary/aromatic N) is 2. The smallest absolute Gasteiger partial charge is 0.223 e. The van der Waals surface area contributed by atoms with E-state index in [0.717, 1.165) is 59.1 Å². The summed E-state index contributed by atoms with van der Waals surface area (Å²) in [6.45, 7) is 3.16. The number of benzene rings is 2. The summed E-state index contributed by atoms with van der Waals surface area (Å²) in [5.74, 6) is 1.01. The quantitative estimate of drug-likeness (QED) is 0.695. The zero-order chi connectivity index (χ0) is 18.5. The van der Waals surface area contributed by atoms with Crippen molar-refractivity contribution in [2.75, 3.05) is 38.2 Å². The van der Waals surface area contributed by atoms with Crippen LogP contribution in [0.5, 0.6) is 5.75 Å². The van der Waals surface area contributed by atoms with Crippen molar-refractivity contribution in [3.05, 3.63) is 57.5 Å². The number of ether oxygens (including phenoxy) is 1. The summed E-state index contributed by atoms with van der Waals surface area (Å²) in [5, 5.41) is 0.742. The Labute approximate surface area is 167 Å². The van der Waals surface area contributed by atoms with Gasteiger partial charge in [0.15, 0.2) is 0 Å². The number of carbonyl (C=O) groups is 1. The first-order valence-corrected chi connectivity index (χ1v) is 9.84. The zero-order valence-corrected chi connectivity index (χ0v) is 17.1. The number of aryl methyl sites for hydroxylation is 1. The van der Waals surface area contributed by atoms with E-state index in [1.807, 2.05) is 41.3 Å². The molecule has 1 fully saturated rings. The van der Waals surface area contributed by atoms with Gasteiger partial charge in [0.1, 0.15) is 5.75 Å². The van der Waals surface area contributed by atoms with E-state index in [0.29, 0.717) is 6.42 Å². The highest BCUT2D eigenvalue weighted by molar-refractivity contribution is 9.10. The van der Waals surface area contributed by atoms with E-state index < -0.39 is 0 Å². The second kappa shape index (κ2) is 8.78. The molecule has 0 atom stereocenters. The molecule has 1 aliphatic rings. The molecule has 4 nitrogen and oxygen atoms in total. The fourth-order valence-electron chi connectivity index (χ4n) is 3.16. The number of anilines is 1. The highest BCUT2D eigenvalue weighted by atomic mass is 79.9. The summed E-state index contributed by atoms with van der Waals surface area (Å²) in [5.41, 5.74) is 2.25. The van der Waals surface area contributed by atoms with Crippen LogP contribution in [-0.4, -0.2) is 44.1 Å². The number of rotatable bonds is 5. The maximum atomic E-state index is 12.5. The molecule has 0 bridgehead atoms. The van der Waals surface area contributed by atoms with Crippen molar-refractivity contribution in [3.63, 3.8) is 0 Å². The van der Waals surface area contributed by atoms with Crippen LogP contribution in [0.25, 0.3) is 0 Å². The molecule has 0 radical (unpaired) electrons. The van der Waals surface area contributed by atoms with Gasteiger partial charge in [-0.15, -0.1) is 0 Å². The molecule has 1 heterocycles. The van der Waals surface area contributed by atoms with Gasteiger partial charge in [-0.25, -0.2) is 0 Å². The Morgan fingerprint density at radius 2 is 1.92 bits per heavy atom. The van der Waals surface area contributed by atoms with Gasteiger partial charge in [-0.3, -0.25) is 4.79 Å². The lowest BCUT2D eigenvalue weighted by Gasteiger charge is -2.36. The first-order chi connectivity index (χ1) is 12.6. The van der Waals surface area contributed by atoms with Crippen molar-refractivity contribution >= 4 is 39.1 Å². The van der Waals surface area contributed by atoms with E-state index in [4.69, 9.17) is 16.3 Å². The van der Waals surface area contributed by atoms with Crippen molar-refractivity contribution in [2.45, 2.75) is 12.8 Å². The Morgan fingerprint density at radius 1 is 1.15 bits per heavy atom. The molecule has 3 rings (SSSR count). The minimum Gasteiger partial charge on any atom is -0.496 e. The van der Waals surface area contributed by atoms with E-state index in [1.165, 1.54) is 0 Å². The Hall–Kier alpha value is -1.72. The molecule has 1 aliphatic heterocycles. The lowest BCUT2D eigenvalue weighted by atomic mass is 10.1. The van der Waals surface area contributed by atoms with Gasteiger partial charge in [-0.05, 0) is 58.2 Å². The van der Waals surface area contributed by atoms with Gasteiger partial charge < -0.3 is 14.5 Å². The van der Waals surface area contributed by atoms with Crippen LogP contribution in [0, 0.1) is 0 Å². The molecule has 1 amide bonds. The molecule has 0 N–H and O–H groups in total. The molecular formula is C20H22BrClN2O2. The SMILES string of the molecule is COc1ccc(CCC(=O)N2CCN(c3cccc(Cl)c3)CC2)cc1Br. The summed E-state index contributed by atoms with van der Waals surface area (Å²) in [4.78, 5) is 16.8. The van der Waals surface area contributed by atoms with Crippen molar-refractivity contribution in [2.24, 2.45) is 0 Å². The van der Waals surface area contributed by atoms with Crippen LogP contribution in [0.4, 0.5) is 5.69 Å². The predicted molar refractivity (Wildman–Crippen MR) is 109 cm³/mol. The monoisotopic (exact) mass is 436 g/mol. The van der Waals surface area contributed by atoms with E-state index >= 15 is 0 Å². The molecule has 0 aliphatic carbocycles. The maximum Gasteiger partial charge on any atom is 0.223 e. The molecule has 0 aromatic heterocycles. The van der Waals surface area contributed by atoms with Gasteiger partial charge in [0, 0.05) is 43.3 Å². The minimum absolute atomic E-state index is 0.211. The molecule has 1 saturated heterocycles. The van der Waals surface area contributed by atoms with Crippen molar-refractivity contribution in [3.8, 4) is 5.75 Å². The fourth-order valence-corrected chi connectivity index (χ4v) is 3.93. The lowest BCUT2D eigenvalue weighted by Crippen LogP contribution is -2.48. The first-order valence-electron chi connectivity index (χ1n) is 8.67. The maximum absolute atomic E-state index is 12.5. The number of amides is 1. The summed E-state index contributed by atoms with van der Waals surface area (Å²) in [7, 11) is 1.65. The summed E-state index contributed by atoms with van der Waals surface area (Å²) in [6, 6.07) is 13.8. The summed E-state index contributed by atoms with van der Waals surface area (Å²) >= 11 is 9.56. The van der Waals surface area contributed by atoms with Crippen molar-refractivity contribution in [1.29, 1.82) is 0 Å². The van der Waals surface area contributed by atoms with E-state index in [2.05, 4.69) is 26.9 Å². The third-order valence-corrected chi connectivity index (χ3v) is 5.50. The van der Waals surface area contributed by atoms with Crippen LogP contribution < -0.4 is 9.64 Å². The Bertz CT molecular complexity index is 776. The number of halogens is 2. The molecule has 6 heteroatoms. The van der Waals surface area contributed by atoms with Gasteiger partial charge in [-0.1, -0.05) is 23.7 Å². The Morgan fingerprint density at radius 3 is 2.58 bits per heavy atom. The second-order valence-electron chi connectivity index (χ2n) is 6.32. The van der Waals surface area contributed by atoms with Crippen LogP contribution in [0.2, 0.25) is 5.02 Å². The highest BCUT2D eigenvalue weighted by Crippen LogP contribution is 2.26. The van der Waals surface area contributed by atoms with E-state index in [9.17, 15) is 4.79 Å². The van der Waals surface area contributed by atoms with Crippen LogP contribution >= 0.6 is 27.5 Å². The molecule has 138 valence electrons.